The molecule has 1 aromatic carbocycles. The minimum absolute atomic E-state index is 0.0866. The third-order valence-electron chi connectivity index (χ3n) is 3.68. The van der Waals surface area contributed by atoms with E-state index < -0.39 is 29.6 Å². The summed E-state index contributed by atoms with van der Waals surface area (Å²) >= 11 is 0. The third-order valence-corrected chi connectivity index (χ3v) is 3.68. The highest BCUT2D eigenvalue weighted by molar-refractivity contribution is 5.94. The van der Waals surface area contributed by atoms with Gasteiger partial charge in [0.1, 0.15) is 5.82 Å². The second-order valence-corrected chi connectivity index (χ2v) is 5.16. The fraction of sp³-hybridized carbons (Fsp3) is 0.500. The van der Waals surface area contributed by atoms with Gasteiger partial charge in [-0.25, -0.2) is 4.39 Å². The van der Waals surface area contributed by atoms with Crippen LogP contribution in [-0.2, 0) is 6.18 Å². The molecule has 0 radical (unpaired) electrons. The molecule has 2 rings (SSSR count). The summed E-state index contributed by atoms with van der Waals surface area (Å²) in [7, 11) is 0. The lowest BCUT2D eigenvalue weighted by molar-refractivity contribution is -0.140. The Kier molecular flexibility index (Phi) is 4.51. The molecule has 21 heavy (non-hydrogen) atoms. The monoisotopic (exact) mass is 305 g/mol. The van der Waals surface area contributed by atoms with Crippen LogP contribution in [0.3, 0.4) is 0 Å². The van der Waals surface area contributed by atoms with E-state index in [4.69, 9.17) is 0 Å². The lowest BCUT2D eigenvalue weighted by Crippen LogP contribution is -2.32. The van der Waals surface area contributed by atoms with Crippen LogP contribution in [0.25, 0.3) is 0 Å². The van der Waals surface area contributed by atoms with E-state index in [1.54, 1.807) is 0 Å². The smallest absolute Gasteiger partial charge is 0.393 e. The molecule has 0 aromatic heterocycles. The van der Waals surface area contributed by atoms with Crippen LogP contribution in [0.4, 0.5) is 17.6 Å². The van der Waals surface area contributed by atoms with Gasteiger partial charge in [0.15, 0.2) is 0 Å². The van der Waals surface area contributed by atoms with Crippen LogP contribution in [0, 0.1) is 11.7 Å². The molecule has 1 aromatic rings. The number of aliphatic hydroxyl groups is 1. The van der Waals surface area contributed by atoms with Gasteiger partial charge in [-0.15, -0.1) is 0 Å². The Morgan fingerprint density at radius 2 is 2.05 bits per heavy atom. The number of amides is 1. The fourth-order valence-electron chi connectivity index (χ4n) is 2.46. The van der Waals surface area contributed by atoms with Crippen molar-refractivity contribution in [1.82, 2.24) is 5.32 Å². The predicted molar refractivity (Wildman–Crippen MR) is 67.1 cm³/mol. The van der Waals surface area contributed by atoms with Gasteiger partial charge in [-0.05, 0) is 31.0 Å². The molecule has 1 amide bonds. The number of nitrogens with one attached hydrogen (secondary N) is 1. The normalized spacial score (nSPS) is 22.3. The molecule has 2 N–H and O–H groups in total. The first kappa shape index (κ1) is 15.8. The lowest BCUT2D eigenvalue weighted by Gasteiger charge is -2.15. The van der Waals surface area contributed by atoms with Crippen LogP contribution in [0.5, 0.6) is 0 Å². The van der Waals surface area contributed by atoms with Crippen LogP contribution in [0.2, 0.25) is 0 Å². The topological polar surface area (TPSA) is 49.3 Å². The van der Waals surface area contributed by atoms with Crippen molar-refractivity contribution in [1.29, 1.82) is 0 Å². The predicted octanol–water partition coefficient (Wildman–Crippen LogP) is 2.74. The summed E-state index contributed by atoms with van der Waals surface area (Å²) in [6, 6.07) is 2.13. The Labute approximate surface area is 119 Å². The molecule has 7 heteroatoms. The molecule has 1 saturated carbocycles. The van der Waals surface area contributed by atoms with Gasteiger partial charge in [0.05, 0.1) is 11.7 Å². The molecular weight excluding hydrogens is 290 g/mol. The van der Waals surface area contributed by atoms with Crippen LogP contribution in [0.1, 0.15) is 35.2 Å². The number of hydrogen-bond acceptors (Lipinski definition) is 2. The van der Waals surface area contributed by atoms with Crippen molar-refractivity contribution >= 4 is 5.91 Å². The summed E-state index contributed by atoms with van der Waals surface area (Å²) in [6.45, 7) is 0.193. The van der Waals surface area contributed by atoms with Crippen LogP contribution in [0.15, 0.2) is 18.2 Å². The summed E-state index contributed by atoms with van der Waals surface area (Å²) in [5.74, 6) is -2.21. The molecule has 1 aliphatic carbocycles. The molecule has 0 heterocycles. The van der Waals surface area contributed by atoms with Gasteiger partial charge in [-0.2, -0.15) is 13.2 Å². The van der Waals surface area contributed by atoms with Gasteiger partial charge in [0.25, 0.3) is 5.91 Å². The van der Waals surface area contributed by atoms with Gasteiger partial charge >= 0.3 is 6.18 Å². The maximum Gasteiger partial charge on any atom is 0.419 e. The SMILES string of the molecule is O=C(NCC1CCCC1O)c1ccc(F)c(C(F)(F)F)c1. The van der Waals surface area contributed by atoms with E-state index in [9.17, 15) is 27.5 Å². The maximum absolute atomic E-state index is 13.1. The first-order chi connectivity index (χ1) is 9.79. The number of carbonyl (C=O) groups excluding carboxylic acids is 1. The van der Waals surface area contributed by atoms with Gasteiger partial charge < -0.3 is 10.4 Å². The second kappa shape index (κ2) is 6.01. The van der Waals surface area contributed by atoms with Crippen molar-refractivity contribution in [3.63, 3.8) is 0 Å². The van der Waals surface area contributed by atoms with Crippen molar-refractivity contribution in [3.05, 3.63) is 35.1 Å². The molecule has 2 unspecified atom stereocenters. The summed E-state index contributed by atoms with van der Waals surface area (Å²) in [4.78, 5) is 11.8. The maximum atomic E-state index is 13.1. The van der Waals surface area contributed by atoms with E-state index in [0.29, 0.717) is 18.6 Å². The van der Waals surface area contributed by atoms with Gasteiger partial charge in [0, 0.05) is 18.0 Å². The Balaban J connectivity index is 2.06. The number of hydrogen-bond donors (Lipinski definition) is 2. The lowest BCUT2D eigenvalue weighted by atomic mass is 10.1. The first-order valence-electron chi connectivity index (χ1n) is 6.62. The average Bonchev–Trinajstić information content (AvgIpc) is 2.80. The largest absolute Gasteiger partial charge is 0.419 e. The van der Waals surface area contributed by atoms with Crippen molar-refractivity contribution < 1.29 is 27.5 Å². The van der Waals surface area contributed by atoms with Crippen molar-refractivity contribution in [2.45, 2.75) is 31.5 Å². The minimum atomic E-state index is -4.85. The zero-order valence-corrected chi connectivity index (χ0v) is 11.1. The molecule has 116 valence electrons. The van der Waals surface area contributed by atoms with Crippen molar-refractivity contribution in [3.8, 4) is 0 Å². The average molecular weight is 305 g/mol. The van der Waals surface area contributed by atoms with Gasteiger partial charge in [0.2, 0.25) is 0 Å². The summed E-state index contributed by atoms with van der Waals surface area (Å²) in [5, 5.41) is 12.1. The highest BCUT2D eigenvalue weighted by atomic mass is 19.4. The summed E-state index contributed by atoms with van der Waals surface area (Å²) < 4.78 is 50.8. The summed E-state index contributed by atoms with van der Waals surface area (Å²) in [6.07, 6.45) is -3.06. The van der Waals surface area contributed by atoms with Gasteiger partial charge in [-0.1, -0.05) is 6.42 Å². The molecule has 3 nitrogen and oxygen atoms in total. The Morgan fingerprint density at radius 3 is 2.62 bits per heavy atom. The summed E-state index contributed by atoms with van der Waals surface area (Å²) in [5.41, 5.74) is -1.72. The number of aliphatic hydroxyl groups excluding tert-OH is 1. The number of carbonyl (C=O) groups is 1. The number of benzene rings is 1. The quantitative estimate of drug-likeness (QED) is 0.844. The van der Waals surface area contributed by atoms with Crippen molar-refractivity contribution in [2.24, 2.45) is 5.92 Å². The molecule has 0 bridgehead atoms. The van der Waals surface area contributed by atoms with E-state index in [1.807, 2.05) is 0 Å². The molecule has 0 saturated heterocycles. The number of rotatable bonds is 3. The van der Waals surface area contributed by atoms with Crippen LogP contribution < -0.4 is 5.32 Å². The van der Waals surface area contributed by atoms with E-state index in [1.165, 1.54) is 0 Å². The second-order valence-electron chi connectivity index (χ2n) is 5.16. The molecule has 0 spiro atoms. The highest BCUT2D eigenvalue weighted by Gasteiger charge is 2.34. The van der Waals surface area contributed by atoms with E-state index in [-0.39, 0.29) is 18.0 Å². The standard InChI is InChI=1S/C14H15F4NO2/c15-11-5-4-8(6-10(11)14(16,17)18)13(21)19-7-9-2-1-3-12(9)20/h4-6,9,12,20H,1-3,7H2,(H,19,21). The molecular formula is C14H15F4NO2. The number of alkyl halides is 3. The Bertz CT molecular complexity index is 530. The molecule has 0 aliphatic heterocycles. The van der Waals surface area contributed by atoms with Gasteiger partial charge in [-0.3, -0.25) is 4.79 Å². The zero-order valence-electron chi connectivity index (χ0n) is 11.1. The Hall–Kier alpha value is -1.63. The zero-order chi connectivity index (χ0) is 15.6. The minimum Gasteiger partial charge on any atom is -0.393 e. The highest BCUT2D eigenvalue weighted by Crippen LogP contribution is 2.32. The molecule has 2 atom stereocenters. The van der Waals surface area contributed by atoms with E-state index in [0.717, 1.165) is 18.9 Å². The molecule has 1 aliphatic rings. The van der Waals surface area contributed by atoms with Crippen LogP contribution in [-0.4, -0.2) is 23.7 Å². The van der Waals surface area contributed by atoms with Crippen molar-refractivity contribution in [2.75, 3.05) is 6.54 Å². The molecule has 1 fully saturated rings. The van der Waals surface area contributed by atoms with E-state index >= 15 is 0 Å². The fourth-order valence-corrected chi connectivity index (χ4v) is 2.46. The van der Waals surface area contributed by atoms with Crippen LogP contribution >= 0.6 is 0 Å². The van der Waals surface area contributed by atoms with E-state index in [2.05, 4.69) is 5.32 Å². The Morgan fingerprint density at radius 1 is 1.33 bits per heavy atom. The number of halogens is 4. The first-order valence-corrected chi connectivity index (χ1v) is 6.62. The third kappa shape index (κ3) is 3.72.